The molecule has 0 aliphatic carbocycles. The average Bonchev–Trinajstić information content (AvgIpc) is 2.75. The van der Waals surface area contributed by atoms with E-state index in [-0.39, 0.29) is 0 Å². The van der Waals surface area contributed by atoms with Crippen LogP contribution in [0.15, 0.2) is 30.5 Å². The predicted molar refractivity (Wildman–Crippen MR) is 74.4 cm³/mol. The highest BCUT2D eigenvalue weighted by Gasteiger charge is 2.06. The molecule has 18 heavy (non-hydrogen) atoms. The quantitative estimate of drug-likeness (QED) is 0.895. The van der Waals surface area contributed by atoms with Crippen LogP contribution in [0.1, 0.15) is 35.3 Å². The number of aryl methyl sites for hydroxylation is 3. The summed E-state index contributed by atoms with van der Waals surface area (Å²) in [5, 5.41) is 7.86. The number of nitrogens with zero attached hydrogens (tertiary/aromatic N) is 2. The molecule has 1 N–H and O–H groups in total. The molecule has 1 aromatic carbocycles. The maximum atomic E-state index is 4.36. The molecule has 1 unspecified atom stereocenters. The van der Waals surface area contributed by atoms with Crippen LogP contribution < -0.4 is 5.32 Å². The molecule has 0 spiro atoms. The summed E-state index contributed by atoms with van der Waals surface area (Å²) in [4.78, 5) is 0. The second kappa shape index (κ2) is 5.36. The van der Waals surface area contributed by atoms with E-state index in [1.54, 1.807) is 0 Å². The van der Waals surface area contributed by atoms with Crippen molar-refractivity contribution in [2.45, 2.75) is 33.4 Å². The van der Waals surface area contributed by atoms with Gasteiger partial charge in [-0.1, -0.05) is 18.2 Å². The van der Waals surface area contributed by atoms with Crippen LogP contribution in [0.5, 0.6) is 0 Å². The predicted octanol–water partition coefficient (Wildman–Crippen LogP) is 2.89. The van der Waals surface area contributed by atoms with Gasteiger partial charge in [0, 0.05) is 25.8 Å². The van der Waals surface area contributed by atoms with Crippen LogP contribution in [0.25, 0.3) is 0 Å². The molecule has 0 aliphatic heterocycles. The summed E-state index contributed by atoms with van der Waals surface area (Å²) in [7, 11) is 1.94. The Morgan fingerprint density at radius 1 is 1.22 bits per heavy atom. The molecule has 0 saturated carbocycles. The van der Waals surface area contributed by atoms with Gasteiger partial charge in [-0.15, -0.1) is 0 Å². The molecule has 1 aromatic heterocycles. The smallest absolute Gasteiger partial charge is 0.0762 e. The summed E-state index contributed by atoms with van der Waals surface area (Å²) < 4.78 is 1.83. The lowest BCUT2D eigenvalue weighted by atomic mass is 10.0. The van der Waals surface area contributed by atoms with Crippen LogP contribution in [0.4, 0.5) is 0 Å². The van der Waals surface area contributed by atoms with E-state index in [0.29, 0.717) is 6.04 Å². The van der Waals surface area contributed by atoms with Crippen molar-refractivity contribution in [2.75, 3.05) is 0 Å². The zero-order valence-corrected chi connectivity index (χ0v) is 11.6. The maximum absolute atomic E-state index is 4.36. The van der Waals surface area contributed by atoms with Gasteiger partial charge in [0.1, 0.15) is 0 Å². The van der Waals surface area contributed by atoms with Gasteiger partial charge in [0.25, 0.3) is 0 Å². The lowest BCUT2D eigenvalue weighted by Crippen LogP contribution is -2.18. The molecule has 0 amide bonds. The zero-order chi connectivity index (χ0) is 13.1. The Labute approximate surface area is 109 Å². The maximum Gasteiger partial charge on any atom is 0.0762 e. The normalized spacial score (nSPS) is 12.7. The topological polar surface area (TPSA) is 29.9 Å². The molecule has 0 bridgehead atoms. The second-order valence-corrected chi connectivity index (χ2v) is 4.93. The third-order valence-electron chi connectivity index (χ3n) is 3.39. The van der Waals surface area contributed by atoms with Crippen LogP contribution >= 0.6 is 0 Å². The third-order valence-corrected chi connectivity index (χ3v) is 3.39. The van der Waals surface area contributed by atoms with Crippen molar-refractivity contribution in [2.24, 2.45) is 7.05 Å². The number of rotatable bonds is 4. The number of aromatic nitrogens is 2. The molecule has 0 saturated heterocycles. The van der Waals surface area contributed by atoms with Gasteiger partial charge in [-0.3, -0.25) is 4.68 Å². The van der Waals surface area contributed by atoms with E-state index in [9.17, 15) is 0 Å². The summed E-state index contributed by atoms with van der Waals surface area (Å²) in [5.74, 6) is 0. The van der Waals surface area contributed by atoms with Gasteiger partial charge in [0.2, 0.25) is 0 Å². The minimum atomic E-state index is 0.339. The lowest BCUT2D eigenvalue weighted by molar-refractivity contribution is 0.561. The van der Waals surface area contributed by atoms with Crippen molar-refractivity contribution >= 4 is 0 Å². The Kier molecular flexibility index (Phi) is 3.82. The summed E-state index contributed by atoms with van der Waals surface area (Å²) in [5.41, 5.74) is 5.09. The van der Waals surface area contributed by atoms with Gasteiger partial charge in [-0.25, -0.2) is 0 Å². The van der Waals surface area contributed by atoms with Crippen LogP contribution in [-0.2, 0) is 13.6 Å². The van der Waals surface area contributed by atoms with Crippen LogP contribution in [-0.4, -0.2) is 9.78 Å². The number of hydrogen-bond acceptors (Lipinski definition) is 2. The standard InChI is InChI=1S/C15H21N3/c1-11-5-6-14(9-12(11)2)13(3)16-10-15-7-8-18(4)17-15/h5-9,13,16H,10H2,1-4H3. The molecule has 0 aliphatic rings. The highest BCUT2D eigenvalue weighted by Crippen LogP contribution is 2.17. The van der Waals surface area contributed by atoms with Crippen LogP contribution in [0.3, 0.4) is 0 Å². The largest absolute Gasteiger partial charge is 0.304 e. The Balaban J connectivity index is 1.99. The first-order chi connectivity index (χ1) is 8.56. The summed E-state index contributed by atoms with van der Waals surface area (Å²) in [6, 6.07) is 9.01. The molecule has 96 valence electrons. The van der Waals surface area contributed by atoms with Crippen LogP contribution in [0, 0.1) is 13.8 Å². The van der Waals surface area contributed by atoms with Crippen molar-refractivity contribution < 1.29 is 0 Å². The minimum absolute atomic E-state index is 0.339. The van der Waals surface area contributed by atoms with Gasteiger partial charge in [-0.05, 0) is 43.5 Å². The fourth-order valence-electron chi connectivity index (χ4n) is 1.97. The third kappa shape index (κ3) is 2.99. The van der Waals surface area contributed by atoms with Crippen molar-refractivity contribution in [1.29, 1.82) is 0 Å². The highest BCUT2D eigenvalue weighted by molar-refractivity contribution is 5.31. The first-order valence-electron chi connectivity index (χ1n) is 6.35. The minimum Gasteiger partial charge on any atom is -0.304 e. The first kappa shape index (κ1) is 12.8. The van der Waals surface area contributed by atoms with E-state index >= 15 is 0 Å². The van der Waals surface area contributed by atoms with E-state index in [1.165, 1.54) is 16.7 Å². The fraction of sp³-hybridized carbons (Fsp3) is 0.400. The van der Waals surface area contributed by atoms with Gasteiger partial charge in [-0.2, -0.15) is 5.10 Å². The Morgan fingerprint density at radius 2 is 2.00 bits per heavy atom. The fourth-order valence-corrected chi connectivity index (χ4v) is 1.97. The molecular weight excluding hydrogens is 222 g/mol. The molecule has 2 aromatic rings. The van der Waals surface area contributed by atoms with E-state index in [4.69, 9.17) is 0 Å². The molecule has 1 atom stereocenters. The Morgan fingerprint density at radius 3 is 2.61 bits per heavy atom. The SMILES string of the molecule is Cc1ccc(C(C)NCc2ccn(C)n2)cc1C. The number of nitrogens with one attached hydrogen (secondary N) is 1. The number of benzene rings is 1. The van der Waals surface area contributed by atoms with E-state index in [0.717, 1.165) is 12.2 Å². The molecule has 3 heteroatoms. The van der Waals surface area contributed by atoms with Crippen LogP contribution in [0.2, 0.25) is 0 Å². The van der Waals surface area contributed by atoms with Crippen molar-refractivity contribution in [3.63, 3.8) is 0 Å². The van der Waals surface area contributed by atoms with E-state index in [1.807, 2.05) is 24.0 Å². The van der Waals surface area contributed by atoms with E-state index < -0.39 is 0 Å². The summed E-state index contributed by atoms with van der Waals surface area (Å²) in [6.07, 6.45) is 1.97. The summed E-state index contributed by atoms with van der Waals surface area (Å²) in [6.45, 7) is 7.29. The highest BCUT2D eigenvalue weighted by atomic mass is 15.3. The monoisotopic (exact) mass is 243 g/mol. The summed E-state index contributed by atoms with van der Waals surface area (Å²) >= 11 is 0. The average molecular weight is 243 g/mol. The van der Waals surface area contributed by atoms with Crippen molar-refractivity contribution in [1.82, 2.24) is 15.1 Å². The van der Waals surface area contributed by atoms with Gasteiger partial charge >= 0.3 is 0 Å². The van der Waals surface area contributed by atoms with Crippen molar-refractivity contribution in [3.8, 4) is 0 Å². The molecule has 3 nitrogen and oxygen atoms in total. The first-order valence-corrected chi connectivity index (χ1v) is 6.35. The Hall–Kier alpha value is -1.61. The lowest BCUT2D eigenvalue weighted by Gasteiger charge is -2.14. The molecular formula is C15H21N3. The Bertz CT molecular complexity index is 528. The van der Waals surface area contributed by atoms with Gasteiger partial charge in [0.15, 0.2) is 0 Å². The zero-order valence-electron chi connectivity index (χ0n) is 11.6. The van der Waals surface area contributed by atoms with E-state index in [2.05, 4.69) is 49.4 Å². The molecule has 0 radical (unpaired) electrons. The van der Waals surface area contributed by atoms with Gasteiger partial charge < -0.3 is 5.32 Å². The second-order valence-electron chi connectivity index (χ2n) is 4.93. The van der Waals surface area contributed by atoms with Gasteiger partial charge in [0.05, 0.1) is 5.69 Å². The molecule has 1 heterocycles. The molecule has 0 fully saturated rings. The van der Waals surface area contributed by atoms with Crippen molar-refractivity contribution in [3.05, 3.63) is 52.8 Å². The number of hydrogen-bond donors (Lipinski definition) is 1. The molecule has 2 rings (SSSR count).